The van der Waals surface area contributed by atoms with E-state index >= 15 is 0 Å². The molecule has 0 radical (unpaired) electrons. The number of aromatic hydroxyl groups is 2. The summed E-state index contributed by atoms with van der Waals surface area (Å²) in [5.41, 5.74) is 0.841. The van der Waals surface area contributed by atoms with Crippen LogP contribution in [-0.4, -0.2) is 34.9 Å². The lowest BCUT2D eigenvalue weighted by atomic mass is 9.59. The zero-order chi connectivity index (χ0) is 23.5. The number of ketones is 1. The number of hydrogen-bond donors (Lipinski definition) is 2. The van der Waals surface area contributed by atoms with E-state index in [2.05, 4.69) is 13.8 Å². The molecule has 0 aromatic heterocycles. The summed E-state index contributed by atoms with van der Waals surface area (Å²) in [4.78, 5) is 34.9. The summed E-state index contributed by atoms with van der Waals surface area (Å²) in [7, 11) is 0. The van der Waals surface area contributed by atoms with Crippen LogP contribution in [0.1, 0.15) is 68.4 Å². The van der Waals surface area contributed by atoms with Gasteiger partial charge in [0.25, 0.3) is 6.47 Å². The Balaban J connectivity index is 2.35. The van der Waals surface area contributed by atoms with Crippen molar-refractivity contribution in [3.05, 3.63) is 33.4 Å². The van der Waals surface area contributed by atoms with E-state index in [-0.39, 0.29) is 57.1 Å². The van der Waals surface area contributed by atoms with E-state index in [0.717, 1.165) is 6.42 Å². The Kier molecular flexibility index (Phi) is 7.93. The predicted molar refractivity (Wildman–Crippen MR) is 119 cm³/mol. The van der Waals surface area contributed by atoms with Crippen LogP contribution in [0.5, 0.6) is 11.5 Å². The second-order valence-electron chi connectivity index (χ2n) is 8.86. The highest BCUT2D eigenvalue weighted by molar-refractivity contribution is 6.33. The van der Waals surface area contributed by atoms with Gasteiger partial charge in [-0.3, -0.25) is 14.4 Å². The first-order chi connectivity index (χ1) is 14.5. The van der Waals surface area contributed by atoms with Crippen molar-refractivity contribution in [2.24, 2.45) is 17.3 Å². The van der Waals surface area contributed by atoms with Crippen LogP contribution in [0, 0.1) is 24.2 Å². The molecular formula is C24H31ClO6. The average Bonchev–Trinajstić information content (AvgIpc) is 2.73. The SMILES string of the molecule is C/C(=C\Cc1c(O)c(Cl)c(C)c(C=O)c1O)C(C[C@@]1(C)[C@H](C)CCC(=O)[C@@H]1C)OC=O. The molecule has 0 saturated heterocycles. The van der Waals surface area contributed by atoms with Gasteiger partial charge in [-0.15, -0.1) is 0 Å². The zero-order valence-corrected chi connectivity index (χ0v) is 19.5. The van der Waals surface area contributed by atoms with Gasteiger partial charge >= 0.3 is 0 Å². The maximum Gasteiger partial charge on any atom is 0.293 e. The van der Waals surface area contributed by atoms with Crippen molar-refractivity contribution >= 4 is 30.1 Å². The van der Waals surface area contributed by atoms with Gasteiger partial charge in [0.1, 0.15) is 23.4 Å². The zero-order valence-electron chi connectivity index (χ0n) is 18.7. The minimum Gasteiger partial charge on any atom is -0.507 e. The van der Waals surface area contributed by atoms with Crippen LogP contribution in [-0.2, 0) is 20.7 Å². The smallest absolute Gasteiger partial charge is 0.293 e. The fourth-order valence-electron chi connectivity index (χ4n) is 4.47. The summed E-state index contributed by atoms with van der Waals surface area (Å²) in [5, 5.41) is 20.8. The molecular weight excluding hydrogens is 420 g/mol. The summed E-state index contributed by atoms with van der Waals surface area (Å²) in [6, 6.07) is 0. The first-order valence-corrected chi connectivity index (χ1v) is 10.8. The quantitative estimate of drug-likeness (QED) is 0.430. The van der Waals surface area contributed by atoms with E-state index < -0.39 is 6.10 Å². The lowest BCUT2D eigenvalue weighted by molar-refractivity contribution is -0.138. The van der Waals surface area contributed by atoms with Crippen LogP contribution in [0.15, 0.2) is 11.6 Å². The van der Waals surface area contributed by atoms with Crippen LogP contribution in [0.4, 0.5) is 0 Å². The number of phenols is 2. The number of benzene rings is 1. The molecule has 1 aliphatic rings. The Morgan fingerprint density at radius 3 is 2.52 bits per heavy atom. The molecule has 1 saturated carbocycles. The lowest BCUT2D eigenvalue weighted by Gasteiger charge is -2.45. The third kappa shape index (κ3) is 4.79. The lowest BCUT2D eigenvalue weighted by Crippen LogP contribution is -2.44. The molecule has 2 N–H and O–H groups in total. The summed E-state index contributed by atoms with van der Waals surface area (Å²) in [6.45, 7) is 9.83. The van der Waals surface area contributed by atoms with E-state index in [0.29, 0.717) is 36.7 Å². The van der Waals surface area contributed by atoms with Crippen molar-refractivity contribution in [2.45, 2.75) is 66.4 Å². The maximum atomic E-state index is 12.3. The minimum atomic E-state index is -0.561. The van der Waals surface area contributed by atoms with E-state index in [1.807, 2.05) is 6.92 Å². The monoisotopic (exact) mass is 450 g/mol. The van der Waals surface area contributed by atoms with Gasteiger partial charge in [0.05, 0.1) is 10.6 Å². The van der Waals surface area contributed by atoms with Crippen molar-refractivity contribution in [1.29, 1.82) is 0 Å². The molecule has 2 rings (SSSR count). The Hall–Kier alpha value is -2.34. The number of ether oxygens (including phenoxy) is 1. The van der Waals surface area contributed by atoms with E-state index in [9.17, 15) is 24.6 Å². The molecule has 6 nitrogen and oxygen atoms in total. The summed E-state index contributed by atoms with van der Waals surface area (Å²) in [6.07, 6.45) is 3.60. The fourth-order valence-corrected chi connectivity index (χ4v) is 4.69. The van der Waals surface area contributed by atoms with Crippen molar-refractivity contribution in [1.82, 2.24) is 0 Å². The predicted octanol–water partition coefficient (Wildman–Crippen LogP) is 4.93. The molecule has 0 bridgehead atoms. The molecule has 1 aromatic carbocycles. The first kappa shape index (κ1) is 24.9. The highest BCUT2D eigenvalue weighted by atomic mass is 35.5. The Morgan fingerprint density at radius 1 is 1.29 bits per heavy atom. The molecule has 0 amide bonds. The third-order valence-corrected chi connectivity index (χ3v) is 7.75. The second-order valence-corrected chi connectivity index (χ2v) is 9.24. The Bertz CT molecular complexity index is 906. The Morgan fingerprint density at radius 2 is 1.94 bits per heavy atom. The highest BCUT2D eigenvalue weighted by Crippen LogP contribution is 2.48. The van der Waals surface area contributed by atoms with Gasteiger partial charge < -0.3 is 14.9 Å². The molecule has 31 heavy (non-hydrogen) atoms. The number of halogens is 1. The van der Waals surface area contributed by atoms with Gasteiger partial charge in [0.15, 0.2) is 6.29 Å². The van der Waals surface area contributed by atoms with Crippen molar-refractivity contribution in [2.75, 3.05) is 0 Å². The second kappa shape index (κ2) is 9.86. The number of carbonyl (C=O) groups excluding carboxylic acids is 3. The standard InChI is InChI=1S/C24H31ClO6/c1-13(6-8-17-22(29)18(11-26)15(3)21(25)23(17)30)20(31-12-27)10-24(5)14(2)7-9-19(28)16(24)4/h6,11-12,14,16,20,29-30H,7-10H2,1-5H3/b13-6+/t14-,16+,20?,24+/m1/s1. The molecule has 1 fully saturated rings. The van der Waals surface area contributed by atoms with Crippen LogP contribution >= 0.6 is 11.6 Å². The summed E-state index contributed by atoms with van der Waals surface area (Å²) in [5.74, 6) is -0.256. The third-order valence-electron chi connectivity index (χ3n) is 7.29. The number of phenolic OH excluding ortho intramolecular Hbond substituents is 2. The van der Waals surface area contributed by atoms with Crippen molar-refractivity contribution < 1.29 is 29.3 Å². The van der Waals surface area contributed by atoms with Crippen molar-refractivity contribution in [3.63, 3.8) is 0 Å². The molecule has 0 heterocycles. The number of hydrogen-bond acceptors (Lipinski definition) is 6. The molecule has 1 unspecified atom stereocenters. The summed E-state index contributed by atoms with van der Waals surface area (Å²) < 4.78 is 5.37. The van der Waals surface area contributed by atoms with Gasteiger partial charge in [-0.05, 0) is 55.6 Å². The minimum absolute atomic E-state index is 0.0116. The number of carbonyl (C=O) groups is 3. The average molecular weight is 451 g/mol. The van der Waals surface area contributed by atoms with E-state index in [1.165, 1.54) is 0 Å². The summed E-state index contributed by atoms with van der Waals surface area (Å²) >= 11 is 6.12. The van der Waals surface area contributed by atoms with Crippen LogP contribution in [0.3, 0.4) is 0 Å². The van der Waals surface area contributed by atoms with Crippen LogP contribution in [0.25, 0.3) is 0 Å². The maximum absolute atomic E-state index is 12.3. The van der Waals surface area contributed by atoms with Gasteiger partial charge in [-0.1, -0.05) is 38.4 Å². The molecule has 1 aromatic rings. The molecule has 4 atom stereocenters. The first-order valence-electron chi connectivity index (χ1n) is 10.5. The molecule has 170 valence electrons. The van der Waals surface area contributed by atoms with Crippen molar-refractivity contribution in [3.8, 4) is 11.5 Å². The number of allylic oxidation sites excluding steroid dienone is 1. The number of aldehydes is 1. The van der Waals surface area contributed by atoms with Gasteiger partial charge in [-0.2, -0.15) is 0 Å². The molecule has 7 heteroatoms. The largest absolute Gasteiger partial charge is 0.507 e. The molecule has 0 spiro atoms. The van der Waals surface area contributed by atoms with E-state index in [4.69, 9.17) is 16.3 Å². The van der Waals surface area contributed by atoms with Gasteiger partial charge in [0.2, 0.25) is 0 Å². The van der Waals surface area contributed by atoms with E-state index in [1.54, 1.807) is 19.9 Å². The van der Waals surface area contributed by atoms with Crippen LogP contribution < -0.4 is 0 Å². The Labute approximate surface area is 188 Å². The number of rotatable bonds is 8. The topological polar surface area (TPSA) is 101 Å². The fraction of sp³-hybridized carbons (Fsp3) is 0.542. The van der Waals surface area contributed by atoms with Gasteiger partial charge in [-0.25, -0.2) is 0 Å². The van der Waals surface area contributed by atoms with Crippen LogP contribution in [0.2, 0.25) is 5.02 Å². The molecule has 1 aliphatic carbocycles. The normalized spacial score (nSPS) is 25.2. The van der Waals surface area contributed by atoms with Gasteiger partial charge in [0, 0.05) is 17.9 Å². The number of Topliss-reactive ketones (excluding diaryl/α,β-unsaturated/α-hetero) is 1. The molecule has 0 aliphatic heterocycles. The highest BCUT2D eigenvalue weighted by Gasteiger charge is 2.45.